The highest BCUT2D eigenvalue weighted by atomic mass is 79.9. The van der Waals surface area contributed by atoms with Crippen LogP contribution in [0.1, 0.15) is 24.2 Å². The zero-order valence-electron chi connectivity index (χ0n) is 9.70. The molecule has 1 aromatic carbocycles. The molecule has 0 spiro atoms. The van der Waals surface area contributed by atoms with E-state index in [1.807, 2.05) is 13.8 Å². The van der Waals surface area contributed by atoms with Crippen molar-refractivity contribution in [3.63, 3.8) is 0 Å². The number of hydrogen-bond donors (Lipinski definition) is 1. The lowest BCUT2D eigenvalue weighted by Crippen LogP contribution is -2.46. The predicted molar refractivity (Wildman–Crippen MR) is 68.1 cm³/mol. The number of alkyl halides is 1. The van der Waals surface area contributed by atoms with E-state index in [1.54, 1.807) is 30.1 Å². The molecule has 0 unspecified atom stereocenters. The van der Waals surface area contributed by atoms with Gasteiger partial charge in [0.2, 0.25) is 0 Å². The van der Waals surface area contributed by atoms with E-state index in [0.717, 1.165) is 0 Å². The van der Waals surface area contributed by atoms with Crippen molar-refractivity contribution in [2.75, 3.05) is 12.4 Å². The normalized spacial score (nSPS) is 11.2. The number of phenols is 1. The van der Waals surface area contributed by atoms with Crippen LogP contribution in [-0.2, 0) is 0 Å². The topological polar surface area (TPSA) is 40.5 Å². The third-order valence-corrected chi connectivity index (χ3v) is 4.05. The highest BCUT2D eigenvalue weighted by molar-refractivity contribution is 9.09. The molecule has 0 fully saturated rings. The summed E-state index contributed by atoms with van der Waals surface area (Å²) in [4.78, 5) is 13.7. The van der Waals surface area contributed by atoms with E-state index in [1.165, 1.54) is 6.07 Å². The number of rotatable bonds is 3. The van der Waals surface area contributed by atoms with Crippen molar-refractivity contribution in [2.24, 2.45) is 0 Å². The minimum atomic E-state index is -0.292. The van der Waals surface area contributed by atoms with Gasteiger partial charge in [0.05, 0.1) is 5.56 Å². The van der Waals surface area contributed by atoms with E-state index in [9.17, 15) is 9.90 Å². The van der Waals surface area contributed by atoms with Gasteiger partial charge in [-0.2, -0.15) is 0 Å². The molecule has 3 nitrogen and oxygen atoms in total. The summed E-state index contributed by atoms with van der Waals surface area (Å²) in [6.45, 7) is 3.92. The van der Waals surface area contributed by atoms with Gasteiger partial charge in [0.1, 0.15) is 5.75 Å². The molecule has 0 aliphatic carbocycles. The number of carbonyl (C=O) groups excluding carboxylic acids is 1. The van der Waals surface area contributed by atoms with Gasteiger partial charge in [0.15, 0.2) is 0 Å². The van der Waals surface area contributed by atoms with Gasteiger partial charge in [-0.05, 0) is 26.0 Å². The molecule has 0 atom stereocenters. The molecular weight excluding hydrogens is 270 g/mol. The molecule has 0 radical (unpaired) electrons. The van der Waals surface area contributed by atoms with Crippen LogP contribution in [0.3, 0.4) is 0 Å². The average molecular weight is 286 g/mol. The quantitative estimate of drug-likeness (QED) is 0.868. The van der Waals surface area contributed by atoms with Crippen molar-refractivity contribution < 1.29 is 9.90 Å². The maximum absolute atomic E-state index is 12.1. The van der Waals surface area contributed by atoms with Gasteiger partial charge in [0, 0.05) is 17.9 Å². The summed E-state index contributed by atoms with van der Waals surface area (Å²) in [5, 5.41) is 10.3. The van der Waals surface area contributed by atoms with E-state index in [-0.39, 0.29) is 17.2 Å². The van der Waals surface area contributed by atoms with E-state index >= 15 is 0 Å². The van der Waals surface area contributed by atoms with Crippen LogP contribution in [-0.4, -0.2) is 33.8 Å². The molecule has 0 aliphatic heterocycles. The van der Waals surface area contributed by atoms with Crippen LogP contribution < -0.4 is 0 Å². The molecule has 1 rings (SSSR count). The smallest absolute Gasteiger partial charge is 0.257 e. The lowest BCUT2D eigenvalue weighted by molar-refractivity contribution is 0.0660. The summed E-state index contributed by atoms with van der Waals surface area (Å²) in [7, 11) is 1.73. The van der Waals surface area contributed by atoms with Crippen LogP contribution in [0.15, 0.2) is 24.3 Å². The van der Waals surface area contributed by atoms with E-state index in [4.69, 9.17) is 0 Å². The Morgan fingerprint density at radius 3 is 2.50 bits per heavy atom. The third-order valence-electron chi connectivity index (χ3n) is 2.67. The van der Waals surface area contributed by atoms with Crippen molar-refractivity contribution in [3.05, 3.63) is 29.8 Å². The molecule has 0 aliphatic rings. The maximum Gasteiger partial charge on any atom is 0.257 e. The number of carbonyl (C=O) groups is 1. The molecule has 88 valence electrons. The van der Waals surface area contributed by atoms with Crippen molar-refractivity contribution in [3.8, 4) is 5.75 Å². The first-order chi connectivity index (χ1) is 7.40. The molecule has 0 saturated heterocycles. The van der Waals surface area contributed by atoms with E-state index in [2.05, 4.69) is 15.9 Å². The summed E-state index contributed by atoms with van der Waals surface area (Å²) in [6, 6.07) is 6.57. The van der Waals surface area contributed by atoms with Crippen LogP contribution in [0, 0.1) is 0 Å². The Kier molecular flexibility index (Phi) is 3.97. The highest BCUT2D eigenvalue weighted by Gasteiger charge is 2.28. The van der Waals surface area contributed by atoms with Crippen molar-refractivity contribution in [1.29, 1.82) is 0 Å². The Morgan fingerprint density at radius 1 is 1.44 bits per heavy atom. The van der Waals surface area contributed by atoms with Gasteiger partial charge in [-0.25, -0.2) is 0 Å². The zero-order valence-corrected chi connectivity index (χ0v) is 11.3. The number of benzene rings is 1. The fourth-order valence-corrected chi connectivity index (χ4v) is 1.58. The van der Waals surface area contributed by atoms with Gasteiger partial charge in [-0.3, -0.25) is 4.79 Å². The molecule has 1 N–H and O–H groups in total. The van der Waals surface area contributed by atoms with Gasteiger partial charge >= 0.3 is 0 Å². The number of halogens is 1. The standard InChI is InChI=1S/C12H16BrNO2/c1-12(2,8-13)14(3)11(16)9-6-4-5-7-10(9)15/h4-7,15H,8H2,1-3H3. The van der Waals surface area contributed by atoms with Crippen molar-refractivity contribution >= 4 is 21.8 Å². The monoisotopic (exact) mass is 285 g/mol. The third kappa shape index (κ3) is 2.55. The predicted octanol–water partition coefficient (Wildman–Crippen LogP) is 2.64. The number of aromatic hydroxyl groups is 1. The molecule has 16 heavy (non-hydrogen) atoms. The number of phenolic OH excluding ortho intramolecular Hbond substituents is 1. The summed E-state index contributed by atoms with van der Waals surface area (Å²) < 4.78 is 0. The Balaban J connectivity index is 3.00. The van der Waals surface area contributed by atoms with Crippen LogP contribution in [0.5, 0.6) is 5.75 Å². The summed E-state index contributed by atoms with van der Waals surface area (Å²) in [5.41, 5.74) is 0.0401. The van der Waals surface area contributed by atoms with Gasteiger partial charge in [-0.1, -0.05) is 28.1 Å². The summed E-state index contributed by atoms with van der Waals surface area (Å²) >= 11 is 3.37. The van der Waals surface area contributed by atoms with Crippen LogP contribution in [0.4, 0.5) is 0 Å². The maximum atomic E-state index is 12.1. The first kappa shape index (κ1) is 13.0. The molecule has 4 heteroatoms. The minimum absolute atomic E-state index is 0.0183. The lowest BCUT2D eigenvalue weighted by Gasteiger charge is -2.34. The SMILES string of the molecule is CN(C(=O)c1ccccc1O)C(C)(C)CBr. The summed E-state index contributed by atoms with van der Waals surface area (Å²) in [5.74, 6) is -0.160. The Morgan fingerprint density at radius 2 is 2.00 bits per heavy atom. The Bertz CT molecular complexity index is 390. The average Bonchev–Trinajstić information content (AvgIpc) is 2.27. The molecular formula is C12H16BrNO2. The molecule has 0 heterocycles. The first-order valence-electron chi connectivity index (χ1n) is 5.02. The molecule has 0 bridgehead atoms. The van der Waals surface area contributed by atoms with Crippen molar-refractivity contribution in [1.82, 2.24) is 4.90 Å². The van der Waals surface area contributed by atoms with E-state index in [0.29, 0.717) is 10.9 Å². The highest BCUT2D eigenvalue weighted by Crippen LogP contribution is 2.22. The van der Waals surface area contributed by atoms with Gasteiger partial charge in [0.25, 0.3) is 5.91 Å². The Labute approximate surface area is 104 Å². The number of hydrogen-bond acceptors (Lipinski definition) is 2. The minimum Gasteiger partial charge on any atom is -0.507 e. The van der Waals surface area contributed by atoms with Gasteiger partial charge in [-0.15, -0.1) is 0 Å². The van der Waals surface area contributed by atoms with Crippen molar-refractivity contribution in [2.45, 2.75) is 19.4 Å². The van der Waals surface area contributed by atoms with Crippen LogP contribution in [0.2, 0.25) is 0 Å². The van der Waals surface area contributed by atoms with E-state index < -0.39 is 0 Å². The second-order valence-corrected chi connectivity index (χ2v) is 4.89. The molecule has 0 aromatic heterocycles. The molecule has 0 saturated carbocycles. The molecule has 1 amide bonds. The lowest BCUT2D eigenvalue weighted by atomic mass is 10.0. The number of para-hydroxylation sites is 1. The second kappa shape index (κ2) is 4.87. The fourth-order valence-electron chi connectivity index (χ4n) is 1.20. The Hall–Kier alpha value is -1.03. The largest absolute Gasteiger partial charge is 0.507 e. The first-order valence-corrected chi connectivity index (χ1v) is 6.14. The van der Waals surface area contributed by atoms with Crippen LogP contribution >= 0.6 is 15.9 Å². The van der Waals surface area contributed by atoms with Gasteiger partial charge < -0.3 is 10.0 Å². The second-order valence-electron chi connectivity index (χ2n) is 4.33. The number of nitrogens with zero attached hydrogens (tertiary/aromatic N) is 1. The summed E-state index contributed by atoms with van der Waals surface area (Å²) in [6.07, 6.45) is 0. The number of amides is 1. The zero-order chi connectivity index (χ0) is 12.3. The molecule has 1 aromatic rings. The fraction of sp³-hybridized carbons (Fsp3) is 0.417. The van der Waals surface area contributed by atoms with Crippen LogP contribution in [0.25, 0.3) is 0 Å².